The van der Waals surface area contributed by atoms with Crippen molar-refractivity contribution in [2.45, 2.75) is 17.8 Å². The van der Waals surface area contributed by atoms with Crippen molar-refractivity contribution in [2.75, 3.05) is 63.4 Å². The number of carbonyl (C=O) groups is 1. The maximum Gasteiger partial charge on any atom is 0.251 e. The zero-order valence-corrected chi connectivity index (χ0v) is 21.9. The summed E-state index contributed by atoms with van der Waals surface area (Å²) >= 11 is 1.59. The Morgan fingerprint density at radius 1 is 1.00 bits per heavy atom. The molecule has 9 heteroatoms. The van der Waals surface area contributed by atoms with Crippen LogP contribution in [0.5, 0.6) is 5.75 Å². The molecule has 0 spiro atoms. The van der Waals surface area contributed by atoms with Crippen molar-refractivity contribution in [3.63, 3.8) is 0 Å². The van der Waals surface area contributed by atoms with Crippen LogP contribution in [0.3, 0.4) is 0 Å². The highest BCUT2D eigenvalue weighted by molar-refractivity contribution is 7.98. The highest BCUT2D eigenvalue weighted by atomic mass is 32.2. The van der Waals surface area contributed by atoms with Crippen LogP contribution in [0.15, 0.2) is 59.8 Å². The number of hydrogen-bond acceptors (Lipinski definition) is 8. The molecule has 1 saturated heterocycles. The lowest BCUT2D eigenvalue weighted by atomic mass is 10.1. The second-order valence-electron chi connectivity index (χ2n) is 8.56. The summed E-state index contributed by atoms with van der Waals surface area (Å²) < 4.78 is 10.3. The van der Waals surface area contributed by atoms with Gasteiger partial charge in [0.25, 0.3) is 5.91 Å². The van der Waals surface area contributed by atoms with Gasteiger partial charge in [-0.1, -0.05) is 23.9 Å². The predicted molar refractivity (Wildman–Crippen MR) is 144 cm³/mol. The number of piperazine rings is 1. The molecule has 1 aliphatic rings. The van der Waals surface area contributed by atoms with Gasteiger partial charge in [0.15, 0.2) is 5.16 Å². The number of aryl methyl sites for hydroxylation is 1. The Hall–Kier alpha value is -3.30. The van der Waals surface area contributed by atoms with Crippen molar-refractivity contribution in [1.82, 2.24) is 15.3 Å². The van der Waals surface area contributed by atoms with E-state index in [4.69, 9.17) is 14.5 Å². The van der Waals surface area contributed by atoms with Gasteiger partial charge in [0.2, 0.25) is 0 Å². The third kappa shape index (κ3) is 6.89. The normalized spacial score (nSPS) is 13.5. The molecule has 0 bridgehead atoms. The van der Waals surface area contributed by atoms with E-state index in [1.165, 1.54) is 5.69 Å². The lowest BCUT2D eigenvalue weighted by molar-refractivity contribution is 0.0937. The van der Waals surface area contributed by atoms with Crippen LogP contribution < -0.4 is 19.9 Å². The van der Waals surface area contributed by atoms with Crippen LogP contribution in [-0.2, 0) is 10.5 Å². The number of carbonyl (C=O) groups excluding carboxylic acids is 1. The molecule has 1 amide bonds. The number of nitrogens with one attached hydrogen (secondary N) is 1. The van der Waals surface area contributed by atoms with Crippen LogP contribution in [0.25, 0.3) is 0 Å². The smallest absolute Gasteiger partial charge is 0.251 e. The first-order chi connectivity index (χ1) is 17.6. The van der Waals surface area contributed by atoms with Crippen LogP contribution >= 0.6 is 11.8 Å². The zero-order valence-electron chi connectivity index (χ0n) is 21.1. The molecule has 36 heavy (non-hydrogen) atoms. The molecular weight excluding hydrogens is 474 g/mol. The SMILES string of the molecule is COCCNC(=O)c1cccc(CSc2nc(C)cc(N3CCN(c4ccc(OC)cc4)CC3)n2)c1. The monoisotopic (exact) mass is 507 g/mol. The first-order valence-electron chi connectivity index (χ1n) is 12.0. The lowest BCUT2D eigenvalue weighted by Crippen LogP contribution is -2.46. The second-order valence-corrected chi connectivity index (χ2v) is 9.50. The molecule has 3 aromatic rings. The standard InChI is InChI=1S/C27H33N5O3S/c1-20-17-25(32-14-12-31(13-15-32)23-7-9-24(35-3)10-8-23)30-27(29-20)36-19-21-5-4-6-22(18-21)26(33)28-11-16-34-2/h4-10,17-18H,11-16,19H2,1-3H3,(H,28,33). The number of ether oxygens (including phenoxy) is 2. The average molecular weight is 508 g/mol. The first kappa shape index (κ1) is 25.8. The molecule has 0 aliphatic carbocycles. The van der Waals surface area contributed by atoms with Gasteiger partial charge in [-0.05, 0) is 48.9 Å². The highest BCUT2D eigenvalue weighted by Gasteiger charge is 2.19. The number of amides is 1. The number of aromatic nitrogens is 2. The molecular formula is C27H33N5O3S. The van der Waals surface area contributed by atoms with Gasteiger partial charge in [0.1, 0.15) is 11.6 Å². The molecule has 0 saturated carbocycles. The van der Waals surface area contributed by atoms with E-state index in [1.807, 2.05) is 43.3 Å². The van der Waals surface area contributed by atoms with Gasteiger partial charge in [0.05, 0.1) is 13.7 Å². The van der Waals surface area contributed by atoms with Crippen LogP contribution in [0, 0.1) is 6.92 Å². The highest BCUT2D eigenvalue weighted by Crippen LogP contribution is 2.25. The Balaban J connectivity index is 1.35. The third-order valence-corrected chi connectivity index (χ3v) is 6.93. The van der Waals surface area contributed by atoms with E-state index >= 15 is 0 Å². The van der Waals surface area contributed by atoms with Gasteiger partial charge in [-0.2, -0.15) is 0 Å². The molecule has 1 N–H and O–H groups in total. The molecule has 0 radical (unpaired) electrons. The van der Waals surface area contributed by atoms with E-state index in [-0.39, 0.29) is 5.91 Å². The number of benzene rings is 2. The molecule has 1 aromatic heterocycles. The van der Waals surface area contributed by atoms with Gasteiger partial charge >= 0.3 is 0 Å². The maximum absolute atomic E-state index is 12.3. The van der Waals surface area contributed by atoms with Crippen molar-refractivity contribution < 1.29 is 14.3 Å². The summed E-state index contributed by atoms with van der Waals surface area (Å²) in [5, 5.41) is 3.61. The molecule has 8 nitrogen and oxygen atoms in total. The number of rotatable bonds is 10. The second kappa shape index (κ2) is 12.6. The summed E-state index contributed by atoms with van der Waals surface area (Å²) in [6.45, 7) is 6.63. The topological polar surface area (TPSA) is 79.8 Å². The van der Waals surface area contributed by atoms with Gasteiger partial charge in [-0.25, -0.2) is 9.97 Å². The summed E-state index contributed by atoms with van der Waals surface area (Å²) in [5.41, 5.74) is 3.86. The molecule has 2 heterocycles. The molecule has 1 fully saturated rings. The summed E-state index contributed by atoms with van der Waals surface area (Å²) in [6.07, 6.45) is 0. The number of methoxy groups -OCH3 is 2. The van der Waals surface area contributed by atoms with Gasteiger partial charge in [-0.15, -0.1) is 0 Å². The summed E-state index contributed by atoms with van der Waals surface area (Å²) in [6, 6.07) is 17.9. The lowest BCUT2D eigenvalue weighted by Gasteiger charge is -2.36. The average Bonchev–Trinajstić information content (AvgIpc) is 2.92. The Morgan fingerprint density at radius 2 is 1.75 bits per heavy atom. The van der Waals surface area contributed by atoms with E-state index in [1.54, 1.807) is 26.0 Å². The summed E-state index contributed by atoms with van der Waals surface area (Å²) in [7, 11) is 3.30. The Morgan fingerprint density at radius 3 is 2.47 bits per heavy atom. The summed E-state index contributed by atoms with van der Waals surface area (Å²) in [4.78, 5) is 26.5. The van der Waals surface area contributed by atoms with Crippen molar-refractivity contribution in [3.05, 3.63) is 71.4 Å². The Kier molecular flexibility index (Phi) is 9.02. The molecule has 0 unspecified atom stereocenters. The largest absolute Gasteiger partial charge is 0.497 e. The van der Waals surface area contributed by atoms with Crippen molar-refractivity contribution in [3.8, 4) is 5.75 Å². The van der Waals surface area contributed by atoms with Gasteiger partial charge in [0, 0.05) is 68.6 Å². The minimum absolute atomic E-state index is 0.0956. The minimum Gasteiger partial charge on any atom is -0.497 e. The van der Waals surface area contributed by atoms with Crippen LogP contribution in [-0.4, -0.2) is 69.4 Å². The van der Waals surface area contributed by atoms with Gasteiger partial charge < -0.3 is 24.6 Å². The number of nitrogens with zero attached hydrogens (tertiary/aromatic N) is 4. The predicted octanol–water partition coefficient (Wildman–Crippen LogP) is 3.79. The minimum atomic E-state index is -0.0956. The fourth-order valence-electron chi connectivity index (χ4n) is 4.06. The van der Waals surface area contributed by atoms with E-state index in [2.05, 4.69) is 38.3 Å². The maximum atomic E-state index is 12.3. The Labute approximate surface area is 217 Å². The third-order valence-electron chi connectivity index (χ3n) is 6.01. The van der Waals surface area contributed by atoms with E-state index in [0.717, 1.165) is 54.2 Å². The fraction of sp³-hybridized carbons (Fsp3) is 0.370. The van der Waals surface area contributed by atoms with Crippen LogP contribution in [0.2, 0.25) is 0 Å². The van der Waals surface area contributed by atoms with Crippen LogP contribution in [0.1, 0.15) is 21.6 Å². The van der Waals surface area contributed by atoms with E-state index in [0.29, 0.717) is 24.5 Å². The Bertz CT molecular complexity index is 1150. The number of hydrogen-bond donors (Lipinski definition) is 1. The quantitative estimate of drug-likeness (QED) is 0.252. The molecule has 190 valence electrons. The number of thioether (sulfide) groups is 1. The summed E-state index contributed by atoms with van der Waals surface area (Å²) in [5.74, 6) is 2.43. The van der Waals surface area contributed by atoms with Crippen molar-refractivity contribution >= 4 is 29.2 Å². The zero-order chi connectivity index (χ0) is 25.3. The van der Waals surface area contributed by atoms with Crippen molar-refractivity contribution in [1.29, 1.82) is 0 Å². The fourth-order valence-corrected chi connectivity index (χ4v) is 4.90. The molecule has 4 rings (SSSR count). The van der Waals surface area contributed by atoms with E-state index < -0.39 is 0 Å². The molecule has 2 aromatic carbocycles. The first-order valence-corrected chi connectivity index (χ1v) is 13.0. The number of anilines is 2. The van der Waals surface area contributed by atoms with Gasteiger partial charge in [-0.3, -0.25) is 4.79 Å². The van der Waals surface area contributed by atoms with E-state index in [9.17, 15) is 4.79 Å². The van der Waals surface area contributed by atoms with Crippen molar-refractivity contribution in [2.24, 2.45) is 0 Å². The van der Waals surface area contributed by atoms with Crippen LogP contribution in [0.4, 0.5) is 11.5 Å². The molecule has 1 aliphatic heterocycles. The molecule has 0 atom stereocenters.